The fraction of sp³-hybridized carbons (Fsp3) is 0.250. The smallest absolute Gasteiger partial charge is 0.321 e. The predicted molar refractivity (Wildman–Crippen MR) is 86.7 cm³/mol. The largest absolute Gasteiger partial charge is 0.388 e. The highest BCUT2D eigenvalue weighted by atomic mass is 16.2. The SMILES string of the molecule is CC(CC(=N)N)N(C)C(=O)Nc1cccc2ccccc12. The van der Waals surface area contributed by atoms with Crippen LogP contribution in [0.3, 0.4) is 0 Å². The highest BCUT2D eigenvalue weighted by Crippen LogP contribution is 2.23. The second-order valence-electron chi connectivity index (χ2n) is 5.15. The van der Waals surface area contributed by atoms with Crippen molar-refractivity contribution in [2.24, 2.45) is 5.73 Å². The number of nitrogens with zero attached hydrogens (tertiary/aromatic N) is 1. The summed E-state index contributed by atoms with van der Waals surface area (Å²) in [6, 6.07) is 13.4. The van der Waals surface area contributed by atoms with Crippen molar-refractivity contribution in [1.29, 1.82) is 5.41 Å². The van der Waals surface area contributed by atoms with Gasteiger partial charge in [-0.25, -0.2) is 4.79 Å². The van der Waals surface area contributed by atoms with E-state index in [1.807, 2.05) is 49.4 Å². The molecule has 0 heterocycles. The van der Waals surface area contributed by atoms with Gasteiger partial charge in [0.2, 0.25) is 0 Å². The molecule has 0 aromatic heterocycles. The zero-order valence-corrected chi connectivity index (χ0v) is 12.3. The average molecular weight is 284 g/mol. The van der Waals surface area contributed by atoms with E-state index in [0.717, 1.165) is 16.5 Å². The Labute approximate surface area is 124 Å². The molecule has 0 saturated heterocycles. The Morgan fingerprint density at radius 3 is 2.67 bits per heavy atom. The summed E-state index contributed by atoms with van der Waals surface area (Å²) in [5, 5.41) is 12.3. The fourth-order valence-corrected chi connectivity index (χ4v) is 2.19. The van der Waals surface area contributed by atoms with Gasteiger partial charge < -0.3 is 16.0 Å². The third kappa shape index (κ3) is 3.51. The lowest BCUT2D eigenvalue weighted by Gasteiger charge is -2.25. The van der Waals surface area contributed by atoms with E-state index < -0.39 is 0 Å². The number of hydrogen-bond acceptors (Lipinski definition) is 2. The molecule has 5 nitrogen and oxygen atoms in total. The molecule has 5 heteroatoms. The average Bonchev–Trinajstić information content (AvgIpc) is 2.46. The van der Waals surface area contributed by atoms with Gasteiger partial charge in [-0.3, -0.25) is 5.41 Å². The van der Waals surface area contributed by atoms with Crippen LogP contribution in [0.1, 0.15) is 13.3 Å². The predicted octanol–water partition coefficient (Wildman–Crippen LogP) is 3.02. The van der Waals surface area contributed by atoms with Gasteiger partial charge in [0.1, 0.15) is 0 Å². The number of nitrogens with one attached hydrogen (secondary N) is 2. The molecular weight excluding hydrogens is 264 g/mol. The first-order chi connectivity index (χ1) is 9.99. The van der Waals surface area contributed by atoms with Crippen molar-refractivity contribution in [3.8, 4) is 0 Å². The first kappa shape index (κ1) is 14.8. The molecule has 0 fully saturated rings. The Morgan fingerprint density at radius 2 is 1.95 bits per heavy atom. The third-order valence-corrected chi connectivity index (χ3v) is 3.53. The van der Waals surface area contributed by atoms with Gasteiger partial charge in [0.05, 0.1) is 11.5 Å². The molecule has 1 atom stereocenters. The van der Waals surface area contributed by atoms with Crippen LogP contribution in [0, 0.1) is 5.41 Å². The van der Waals surface area contributed by atoms with Crippen LogP contribution in [0.2, 0.25) is 0 Å². The summed E-state index contributed by atoms with van der Waals surface area (Å²) in [6.07, 6.45) is 0.361. The lowest BCUT2D eigenvalue weighted by Crippen LogP contribution is -2.40. The molecule has 0 spiro atoms. The number of carbonyl (C=O) groups excluding carboxylic acids is 1. The van der Waals surface area contributed by atoms with Crippen molar-refractivity contribution in [1.82, 2.24) is 4.90 Å². The Balaban J connectivity index is 2.16. The monoisotopic (exact) mass is 284 g/mol. The minimum absolute atomic E-state index is 0.0762. The Kier molecular flexibility index (Phi) is 4.42. The topological polar surface area (TPSA) is 82.2 Å². The van der Waals surface area contributed by atoms with E-state index in [0.29, 0.717) is 6.42 Å². The molecule has 1 unspecified atom stereocenters. The molecule has 2 aromatic rings. The molecule has 2 aromatic carbocycles. The van der Waals surface area contributed by atoms with Gasteiger partial charge >= 0.3 is 6.03 Å². The summed E-state index contributed by atoms with van der Waals surface area (Å²) < 4.78 is 0. The number of carbonyl (C=O) groups is 1. The number of anilines is 1. The third-order valence-electron chi connectivity index (χ3n) is 3.53. The van der Waals surface area contributed by atoms with E-state index in [9.17, 15) is 4.79 Å². The van der Waals surface area contributed by atoms with Gasteiger partial charge in [0.25, 0.3) is 0 Å². The molecule has 0 radical (unpaired) electrons. The summed E-state index contributed by atoms with van der Waals surface area (Å²) in [5.74, 6) is 0.0762. The number of benzene rings is 2. The van der Waals surface area contributed by atoms with E-state index in [4.69, 9.17) is 11.1 Å². The van der Waals surface area contributed by atoms with Crippen LogP contribution < -0.4 is 11.1 Å². The molecule has 2 amide bonds. The molecule has 110 valence electrons. The molecule has 2 rings (SSSR count). The van der Waals surface area contributed by atoms with Crippen LogP contribution in [0.5, 0.6) is 0 Å². The molecule has 0 aliphatic carbocycles. The van der Waals surface area contributed by atoms with Gasteiger partial charge in [-0.05, 0) is 18.4 Å². The highest BCUT2D eigenvalue weighted by molar-refractivity contribution is 6.01. The molecule has 0 aliphatic rings. The van der Waals surface area contributed by atoms with Gasteiger partial charge in [0, 0.05) is 24.9 Å². The summed E-state index contributed by atoms with van der Waals surface area (Å²) in [5.41, 5.74) is 6.16. The summed E-state index contributed by atoms with van der Waals surface area (Å²) in [6.45, 7) is 1.87. The van der Waals surface area contributed by atoms with Crippen molar-refractivity contribution < 1.29 is 4.79 Å². The quantitative estimate of drug-likeness (QED) is 0.595. The van der Waals surface area contributed by atoms with Crippen LogP contribution in [0.4, 0.5) is 10.5 Å². The van der Waals surface area contributed by atoms with Crippen LogP contribution in [0.15, 0.2) is 42.5 Å². The zero-order chi connectivity index (χ0) is 15.4. The second kappa shape index (κ2) is 6.26. The van der Waals surface area contributed by atoms with Crippen molar-refractivity contribution in [2.45, 2.75) is 19.4 Å². The summed E-state index contributed by atoms with van der Waals surface area (Å²) in [7, 11) is 1.70. The van der Waals surface area contributed by atoms with Gasteiger partial charge in [-0.15, -0.1) is 0 Å². The Bertz CT molecular complexity index is 663. The van der Waals surface area contributed by atoms with E-state index in [1.165, 1.54) is 0 Å². The summed E-state index contributed by atoms with van der Waals surface area (Å²) >= 11 is 0. The molecule has 4 N–H and O–H groups in total. The number of nitrogens with two attached hydrogens (primary N) is 1. The number of fused-ring (bicyclic) bond motifs is 1. The van der Waals surface area contributed by atoms with E-state index >= 15 is 0 Å². The van der Waals surface area contributed by atoms with E-state index in [-0.39, 0.29) is 17.9 Å². The minimum Gasteiger partial charge on any atom is -0.388 e. The molecule has 0 aliphatic heterocycles. The molecule has 0 saturated carbocycles. The first-order valence-corrected chi connectivity index (χ1v) is 6.83. The normalized spacial score (nSPS) is 11.9. The maximum absolute atomic E-state index is 12.3. The zero-order valence-electron chi connectivity index (χ0n) is 12.3. The Morgan fingerprint density at radius 1 is 1.29 bits per heavy atom. The number of amides is 2. The number of hydrogen-bond donors (Lipinski definition) is 3. The van der Waals surface area contributed by atoms with Gasteiger partial charge in [0.15, 0.2) is 0 Å². The van der Waals surface area contributed by atoms with Gasteiger partial charge in [-0.1, -0.05) is 36.4 Å². The lowest BCUT2D eigenvalue weighted by molar-refractivity contribution is 0.209. The second-order valence-corrected chi connectivity index (χ2v) is 5.15. The van der Waals surface area contributed by atoms with Gasteiger partial charge in [-0.2, -0.15) is 0 Å². The van der Waals surface area contributed by atoms with E-state index in [2.05, 4.69) is 5.32 Å². The van der Waals surface area contributed by atoms with Crippen LogP contribution in [-0.4, -0.2) is 29.9 Å². The molecular formula is C16H20N4O. The van der Waals surface area contributed by atoms with Crippen molar-refractivity contribution in [3.05, 3.63) is 42.5 Å². The standard InChI is InChI=1S/C16H20N4O/c1-11(10-15(17)18)20(2)16(21)19-14-9-5-7-12-6-3-4-8-13(12)14/h3-9,11H,10H2,1-2H3,(H3,17,18)(H,19,21). The highest BCUT2D eigenvalue weighted by Gasteiger charge is 2.17. The minimum atomic E-state index is -0.208. The number of rotatable bonds is 4. The fourth-order valence-electron chi connectivity index (χ4n) is 2.19. The van der Waals surface area contributed by atoms with Crippen molar-refractivity contribution in [3.63, 3.8) is 0 Å². The molecule has 21 heavy (non-hydrogen) atoms. The number of urea groups is 1. The summed E-state index contributed by atoms with van der Waals surface area (Å²) in [4.78, 5) is 13.8. The Hall–Kier alpha value is -2.56. The maximum atomic E-state index is 12.3. The van der Waals surface area contributed by atoms with Crippen LogP contribution >= 0.6 is 0 Å². The molecule has 0 bridgehead atoms. The van der Waals surface area contributed by atoms with Crippen molar-refractivity contribution in [2.75, 3.05) is 12.4 Å². The van der Waals surface area contributed by atoms with Crippen LogP contribution in [-0.2, 0) is 0 Å². The van der Waals surface area contributed by atoms with E-state index in [1.54, 1.807) is 11.9 Å². The number of amidine groups is 1. The maximum Gasteiger partial charge on any atom is 0.321 e. The first-order valence-electron chi connectivity index (χ1n) is 6.83. The van der Waals surface area contributed by atoms with Crippen LogP contribution in [0.25, 0.3) is 10.8 Å². The lowest BCUT2D eigenvalue weighted by atomic mass is 10.1. The van der Waals surface area contributed by atoms with Crippen molar-refractivity contribution >= 4 is 28.3 Å².